The molecular weight excluding hydrogens is 382 g/mol. The molecule has 0 saturated carbocycles. The fourth-order valence-corrected chi connectivity index (χ4v) is 3.07. The van der Waals surface area contributed by atoms with E-state index >= 15 is 0 Å². The van der Waals surface area contributed by atoms with Crippen LogP contribution in [0.1, 0.15) is 5.82 Å². The number of fused-ring (bicyclic) bond motifs is 1. The SMILES string of the molecule is ClCc1nc2cc(Cl)c(Cl)cc2n1-c1ccccc1Br. The van der Waals surface area contributed by atoms with Gasteiger partial charge in [0.1, 0.15) is 5.82 Å². The van der Waals surface area contributed by atoms with Crippen LogP contribution in [0, 0.1) is 0 Å². The Morgan fingerprint density at radius 3 is 2.50 bits per heavy atom. The van der Waals surface area contributed by atoms with Crippen molar-refractivity contribution in [3.8, 4) is 5.69 Å². The number of hydrogen-bond donors (Lipinski definition) is 0. The molecule has 0 atom stereocenters. The zero-order valence-corrected chi connectivity index (χ0v) is 13.9. The van der Waals surface area contributed by atoms with Crippen molar-refractivity contribution in [3.63, 3.8) is 0 Å². The summed E-state index contributed by atoms with van der Waals surface area (Å²) in [6.07, 6.45) is 0. The van der Waals surface area contributed by atoms with Gasteiger partial charge in [-0.25, -0.2) is 4.98 Å². The van der Waals surface area contributed by atoms with Gasteiger partial charge in [-0.2, -0.15) is 0 Å². The van der Waals surface area contributed by atoms with Crippen LogP contribution in [0.2, 0.25) is 10.0 Å². The molecule has 102 valence electrons. The molecule has 0 saturated heterocycles. The summed E-state index contributed by atoms with van der Waals surface area (Å²) in [5, 5.41) is 0.977. The maximum atomic E-state index is 6.12. The van der Waals surface area contributed by atoms with Crippen LogP contribution in [0.15, 0.2) is 40.9 Å². The molecule has 0 N–H and O–H groups in total. The van der Waals surface area contributed by atoms with Gasteiger partial charge in [-0.05, 0) is 40.2 Å². The van der Waals surface area contributed by atoms with Crippen molar-refractivity contribution in [2.75, 3.05) is 0 Å². The molecule has 1 aromatic heterocycles. The van der Waals surface area contributed by atoms with Crippen LogP contribution in [-0.4, -0.2) is 9.55 Å². The fraction of sp³-hybridized carbons (Fsp3) is 0.0714. The highest BCUT2D eigenvalue weighted by Gasteiger charge is 2.15. The van der Waals surface area contributed by atoms with Crippen LogP contribution in [0.3, 0.4) is 0 Å². The predicted molar refractivity (Wildman–Crippen MR) is 88.3 cm³/mol. The van der Waals surface area contributed by atoms with Gasteiger partial charge >= 0.3 is 0 Å². The van der Waals surface area contributed by atoms with Crippen molar-refractivity contribution in [2.24, 2.45) is 0 Å². The Morgan fingerprint density at radius 1 is 1.10 bits per heavy atom. The quantitative estimate of drug-likeness (QED) is 0.503. The molecule has 0 fully saturated rings. The first-order valence-corrected chi connectivity index (χ1v) is 7.87. The molecule has 2 nitrogen and oxygen atoms in total. The Hall–Kier alpha value is -0.740. The average Bonchev–Trinajstić information content (AvgIpc) is 2.77. The first-order valence-electron chi connectivity index (χ1n) is 5.79. The van der Waals surface area contributed by atoms with Gasteiger partial charge in [-0.15, -0.1) is 11.6 Å². The molecule has 0 spiro atoms. The van der Waals surface area contributed by atoms with Crippen LogP contribution < -0.4 is 0 Å². The van der Waals surface area contributed by atoms with Crippen molar-refractivity contribution in [3.05, 3.63) is 56.7 Å². The smallest absolute Gasteiger partial charge is 0.129 e. The summed E-state index contributed by atoms with van der Waals surface area (Å²) in [5.74, 6) is 1.04. The minimum atomic E-state index is 0.297. The van der Waals surface area contributed by atoms with E-state index in [9.17, 15) is 0 Å². The molecule has 0 radical (unpaired) electrons. The topological polar surface area (TPSA) is 17.8 Å². The normalized spacial score (nSPS) is 11.2. The molecule has 3 rings (SSSR count). The van der Waals surface area contributed by atoms with Crippen molar-refractivity contribution in [1.29, 1.82) is 0 Å². The Balaban J connectivity index is 2.39. The van der Waals surface area contributed by atoms with E-state index < -0.39 is 0 Å². The van der Waals surface area contributed by atoms with Crippen molar-refractivity contribution in [1.82, 2.24) is 9.55 Å². The van der Waals surface area contributed by atoms with E-state index in [0.29, 0.717) is 15.9 Å². The molecule has 0 unspecified atom stereocenters. The van der Waals surface area contributed by atoms with E-state index in [1.165, 1.54) is 0 Å². The summed E-state index contributed by atoms with van der Waals surface area (Å²) >= 11 is 21.7. The van der Waals surface area contributed by atoms with E-state index in [2.05, 4.69) is 20.9 Å². The van der Waals surface area contributed by atoms with Crippen molar-refractivity contribution < 1.29 is 0 Å². The van der Waals surface area contributed by atoms with E-state index in [1.807, 2.05) is 34.9 Å². The molecule has 1 heterocycles. The summed E-state index contributed by atoms with van der Waals surface area (Å²) in [7, 11) is 0. The molecule has 20 heavy (non-hydrogen) atoms. The second kappa shape index (κ2) is 5.57. The summed E-state index contributed by atoms with van der Waals surface area (Å²) in [4.78, 5) is 4.52. The lowest BCUT2D eigenvalue weighted by Crippen LogP contribution is -2.00. The van der Waals surface area contributed by atoms with Crippen molar-refractivity contribution >= 4 is 61.8 Å². The first-order chi connectivity index (χ1) is 9.61. The van der Waals surface area contributed by atoms with Crippen LogP contribution in [0.5, 0.6) is 0 Å². The molecular formula is C14H8BrCl3N2. The van der Waals surface area contributed by atoms with Gasteiger partial charge in [0.2, 0.25) is 0 Å². The van der Waals surface area contributed by atoms with Gasteiger partial charge in [-0.1, -0.05) is 35.3 Å². The number of imidazole rings is 1. The molecule has 6 heteroatoms. The summed E-state index contributed by atoms with van der Waals surface area (Å²) < 4.78 is 2.94. The first kappa shape index (κ1) is 14.2. The third kappa shape index (κ3) is 2.33. The Labute approximate surface area is 139 Å². The van der Waals surface area contributed by atoms with Gasteiger partial charge < -0.3 is 0 Å². The van der Waals surface area contributed by atoms with E-state index in [0.717, 1.165) is 27.0 Å². The fourth-order valence-electron chi connectivity index (χ4n) is 2.11. The third-order valence-corrected chi connectivity index (χ3v) is 4.61. The highest BCUT2D eigenvalue weighted by molar-refractivity contribution is 9.10. The van der Waals surface area contributed by atoms with Crippen LogP contribution in [-0.2, 0) is 5.88 Å². The molecule has 0 bridgehead atoms. The number of hydrogen-bond acceptors (Lipinski definition) is 1. The lowest BCUT2D eigenvalue weighted by molar-refractivity contribution is 0.977. The number of rotatable bonds is 2. The molecule has 0 aliphatic rings. The summed E-state index contributed by atoms with van der Waals surface area (Å²) in [5.41, 5.74) is 2.61. The van der Waals surface area contributed by atoms with Gasteiger partial charge in [0.05, 0.1) is 32.6 Å². The highest BCUT2D eigenvalue weighted by Crippen LogP contribution is 2.32. The zero-order valence-electron chi connectivity index (χ0n) is 10.1. The maximum absolute atomic E-state index is 6.12. The average molecular weight is 390 g/mol. The highest BCUT2D eigenvalue weighted by atomic mass is 79.9. The lowest BCUT2D eigenvalue weighted by Gasteiger charge is -2.10. The molecule has 0 aliphatic carbocycles. The predicted octanol–water partition coefficient (Wildman–Crippen LogP) is 5.83. The number of halogens is 4. The Morgan fingerprint density at radius 2 is 1.80 bits per heavy atom. The monoisotopic (exact) mass is 388 g/mol. The molecule has 2 aromatic carbocycles. The number of aromatic nitrogens is 2. The van der Waals surface area contributed by atoms with Crippen LogP contribution in [0.25, 0.3) is 16.7 Å². The third-order valence-electron chi connectivity index (χ3n) is 2.98. The van der Waals surface area contributed by atoms with Crippen LogP contribution >= 0.6 is 50.7 Å². The molecule has 3 aromatic rings. The number of benzene rings is 2. The molecule has 0 amide bonds. The Bertz CT molecular complexity index is 798. The lowest BCUT2D eigenvalue weighted by atomic mass is 10.2. The minimum Gasteiger partial charge on any atom is -0.294 e. The number of para-hydroxylation sites is 1. The van der Waals surface area contributed by atoms with Gasteiger partial charge in [-0.3, -0.25) is 4.57 Å². The largest absolute Gasteiger partial charge is 0.294 e. The van der Waals surface area contributed by atoms with E-state index in [-0.39, 0.29) is 0 Å². The van der Waals surface area contributed by atoms with E-state index in [4.69, 9.17) is 34.8 Å². The van der Waals surface area contributed by atoms with Crippen LogP contribution in [0.4, 0.5) is 0 Å². The minimum absolute atomic E-state index is 0.297. The number of alkyl halides is 1. The number of nitrogens with zero attached hydrogens (tertiary/aromatic N) is 2. The van der Waals surface area contributed by atoms with Gasteiger partial charge in [0, 0.05) is 4.47 Å². The van der Waals surface area contributed by atoms with Gasteiger partial charge in [0.15, 0.2) is 0 Å². The second-order valence-electron chi connectivity index (χ2n) is 4.20. The summed E-state index contributed by atoms with van der Waals surface area (Å²) in [6, 6.07) is 11.4. The zero-order chi connectivity index (χ0) is 14.3. The standard InChI is InChI=1S/C14H8BrCl3N2/c15-8-3-1-2-4-12(8)20-13-6-10(18)9(17)5-11(13)19-14(20)7-16/h1-6H,7H2. The van der Waals surface area contributed by atoms with E-state index in [1.54, 1.807) is 6.07 Å². The molecule has 0 aliphatic heterocycles. The summed E-state index contributed by atoms with van der Waals surface area (Å²) in [6.45, 7) is 0. The maximum Gasteiger partial charge on any atom is 0.129 e. The Kier molecular flexibility index (Phi) is 3.95. The van der Waals surface area contributed by atoms with Crippen molar-refractivity contribution in [2.45, 2.75) is 5.88 Å². The second-order valence-corrected chi connectivity index (χ2v) is 6.14. The van der Waals surface area contributed by atoms with Gasteiger partial charge in [0.25, 0.3) is 0 Å².